The third-order valence-corrected chi connectivity index (χ3v) is 5.59. The van der Waals surface area contributed by atoms with Crippen molar-refractivity contribution in [2.24, 2.45) is 11.8 Å². The van der Waals surface area contributed by atoms with Crippen LogP contribution in [0.4, 0.5) is 0 Å². The Kier molecular flexibility index (Phi) is 6.05. The first kappa shape index (κ1) is 17.2. The lowest BCUT2D eigenvalue weighted by Gasteiger charge is -2.36. The highest BCUT2D eigenvalue weighted by atomic mass is 32.2. The van der Waals surface area contributed by atoms with Gasteiger partial charge < -0.3 is 9.80 Å². The zero-order valence-electron chi connectivity index (χ0n) is 13.7. The molecule has 0 bridgehead atoms. The minimum atomic E-state index is -3.04. The summed E-state index contributed by atoms with van der Waals surface area (Å²) in [5.41, 5.74) is 0. The molecule has 2 aliphatic heterocycles. The van der Waals surface area contributed by atoms with E-state index in [1.807, 2.05) is 0 Å². The number of sulfonamides is 1. The first-order valence-corrected chi connectivity index (χ1v) is 10.1. The summed E-state index contributed by atoms with van der Waals surface area (Å²) in [6.45, 7) is 11.0. The fraction of sp³-hybridized carbons (Fsp3) is 1.00. The number of hydrogen-bond acceptors (Lipinski definition) is 4. The molecule has 2 rings (SSSR count). The Labute approximate surface area is 130 Å². The third kappa shape index (κ3) is 5.85. The summed E-state index contributed by atoms with van der Waals surface area (Å²) in [6, 6.07) is 0.671. The topological polar surface area (TPSA) is 52.6 Å². The number of piperidine rings is 1. The molecule has 1 unspecified atom stereocenters. The Morgan fingerprint density at radius 2 is 1.71 bits per heavy atom. The summed E-state index contributed by atoms with van der Waals surface area (Å²) in [4.78, 5) is 5.10. The molecule has 6 heteroatoms. The molecule has 0 spiro atoms. The summed E-state index contributed by atoms with van der Waals surface area (Å²) in [5, 5.41) is 0. The first-order valence-electron chi connectivity index (χ1n) is 8.24. The van der Waals surface area contributed by atoms with Crippen molar-refractivity contribution in [2.75, 3.05) is 45.5 Å². The van der Waals surface area contributed by atoms with E-state index in [-0.39, 0.29) is 0 Å². The molecule has 0 aromatic carbocycles. The van der Waals surface area contributed by atoms with E-state index in [1.54, 1.807) is 0 Å². The second-order valence-corrected chi connectivity index (χ2v) is 8.94. The van der Waals surface area contributed by atoms with Crippen LogP contribution in [0.25, 0.3) is 0 Å². The smallest absolute Gasteiger partial charge is 0.208 e. The minimum absolute atomic E-state index is 0.482. The lowest BCUT2D eigenvalue weighted by molar-refractivity contribution is 0.128. The standard InChI is InChI=1S/C15H31N3O2S/c1-13(2)18-8-5-14(6-9-18)11-17-7-4-15(12-17)10-16-21(3,19)20/h13-16H,4-12H2,1-3H3. The Morgan fingerprint density at radius 3 is 2.29 bits per heavy atom. The van der Waals surface area contributed by atoms with E-state index in [4.69, 9.17) is 0 Å². The molecule has 1 N–H and O–H groups in total. The predicted molar refractivity (Wildman–Crippen MR) is 86.8 cm³/mol. The second kappa shape index (κ2) is 7.40. The maximum absolute atomic E-state index is 11.1. The van der Waals surface area contributed by atoms with E-state index in [1.165, 1.54) is 38.7 Å². The molecule has 0 aromatic heterocycles. The maximum atomic E-state index is 11.1. The van der Waals surface area contributed by atoms with Gasteiger partial charge in [-0.3, -0.25) is 0 Å². The van der Waals surface area contributed by atoms with Crippen molar-refractivity contribution < 1.29 is 8.42 Å². The van der Waals surface area contributed by atoms with Crippen molar-refractivity contribution in [3.63, 3.8) is 0 Å². The van der Waals surface area contributed by atoms with Gasteiger partial charge in [-0.2, -0.15) is 0 Å². The van der Waals surface area contributed by atoms with E-state index in [0.717, 1.165) is 25.4 Å². The van der Waals surface area contributed by atoms with Gasteiger partial charge in [0.2, 0.25) is 10.0 Å². The number of hydrogen-bond donors (Lipinski definition) is 1. The van der Waals surface area contributed by atoms with Gasteiger partial charge in [-0.1, -0.05) is 0 Å². The average Bonchev–Trinajstić information content (AvgIpc) is 2.84. The van der Waals surface area contributed by atoms with E-state index in [0.29, 0.717) is 18.5 Å². The number of likely N-dealkylation sites (tertiary alicyclic amines) is 2. The number of nitrogens with one attached hydrogen (secondary N) is 1. The molecule has 0 amide bonds. The quantitative estimate of drug-likeness (QED) is 0.793. The van der Waals surface area contributed by atoms with Crippen LogP contribution in [0.15, 0.2) is 0 Å². The molecule has 1 atom stereocenters. The average molecular weight is 317 g/mol. The van der Waals surface area contributed by atoms with Crippen LogP contribution in [-0.4, -0.2) is 69.8 Å². The maximum Gasteiger partial charge on any atom is 0.208 e. The van der Waals surface area contributed by atoms with Gasteiger partial charge in [0, 0.05) is 25.7 Å². The zero-order chi connectivity index (χ0) is 15.5. The first-order chi connectivity index (χ1) is 9.83. The molecule has 0 radical (unpaired) electrons. The van der Waals surface area contributed by atoms with Crippen molar-refractivity contribution >= 4 is 10.0 Å². The van der Waals surface area contributed by atoms with Gasteiger partial charge in [-0.05, 0) is 64.6 Å². The Bertz CT molecular complexity index is 417. The highest BCUT2D eigenvalue weighted by Gasteiger charge is 2.27. The van der Waals surface area contributed by atoms with Crippen LogP contribution in [0.3, 0.4) is 0 Å². The van der Waals surface area contributed by atoms with Crippen LogP contribution < -0.4 is 4.72 Å². The summed E-state index contributed by atoms with van der Waals surface area (Å²) >= 11 is 0. The Balaban J connectivity index is 1.67. The van der Waals surface area contributed by atoms with Crippen molar-refractivity contribution in [1.82, 2.24) is 14.5 Å². The predicted octanol–water partition coefficient (Wildman–Crippen LogP) is 0.978. The van der Waals surface area contributed by atoms with Crippen LogP contribution in [0, 0.1) is 11.8 Å². The molecule has 21 heavy (non-hydrogen) atoms. The third-order valence-electron chi connectivity index (χ3n) is 4.90. The second-order valence-electron chi connectivity index (χ2n) is 7.11. The van der Waals surface area contributed by atoms with E-state index in [2.05, 4.69) is 28.4 Å². The summed E-state index contributed by atoms with van der Waals surface area (Å²) in [5.74, 6) is 1.30. The van der Waals surface area contributed by atoms with Gasteiger partial charge in [-0.25, -0.2) is 13.1 Å². The van der Waals surface area contributed by atoms with Gasteiger partial charge in [0.25, 0.3) is 0 Å². The minimum Gasteiger partial charge on any atom is -0.303 e. The molecule has 0 aliphatic carbocycles. The molecule has 2 fully saturated rings. The molecule has 0 aromatic rings. The Hall–Kier alpha value is -0.170. The summed E-state index contributed by atoms with van der Waals surface area (Å²) in [7, 11) is -3.04. The summed E-state index contributed by atoms with van der Waals surface area (Å²) < 4.78 is 24.9. The molecule has 124 valence electrons. The molecule has 2 saturated heterocycles. The zero-order valence-corrected chi connectivity index (χ0v) is 14.5. The lowest BCUT2D eigenvalue weighted by atomic mass is 9.95. The fourth-order valence-corrected chi connectivity index (χ4v) is 4.07. The number of rotatable bonds is 6. The summed E-state index contributed by atoms with van der Waals surface area (Å²) in [6.07, 6.45) is 4.97. The van der Waals surface area contributed by atoms with Crippen LogP contribution in [0.5, 0.6) is 0 Å². The van der Waals surface area contributed by atoms with Gasteiger partial charge in [0.1, 0.15) is 0 Å². The van der Waals surface area contributed by atoms with E-state index >= 15 is 0 Å². The van der Waals surface area contributed by atoms with Gasteiger partial charge in [0.05, 0.1) is 6.26 Å². The molecule has 5 nitrogen and oxygen atoms in total. The fourth-order valence-electron chi connectivity index (χ4n) is 3.53. The van der Waals surface area contributed by atoms with Crippen molar-refractivity contribution in [3.8, 4) is 0 Å². The van der Waals surface area contributed by atoms with E-state index < -0.39 is 10.0 Å². The van der Waals surface area contributed by atoms with Crippen molar-refractivity contribution in [3.05, 3.63) is 0 Å². The molecule has 0 saturated carbocycles. The van der Waals surface area contributed by atoms with Crippen molar-refractivity contribution in [1.29, 1.82) is 0 Å². The lowest BCUT2D eigenvalue weighted by Crippen LogP contribution is -2.41. The normalized spacial score (nSPS) is 26.8. The van der Waals surface area contributed by atoms with Gasteiger partial charge in [-0.15, -0.1) is 0 Å². The van der Waals surface area contributed by atoms with Crippen LogP contribution in [0.2, 0.25) is 0 Å². The monoisotopic (exact) mass is 317 g/mol. The number of nitrogens with zero attached hydrogens (tertiary/aromatic N) is 2. The van der Waals surface area contributed by atoms with Gasteiger partial charge in [0.15, 0.2) is 0 Å². The molecule has 2 aliphatic rings. The van der Waals surface area contributed by atoms with Gasteiger partial charge >= 0.3 is 0 Å². The van der Waals surface area contributed by atoms with Crippen molar-refractivity contribution in [2.45, 2.75) is 39.2 Å². The van der Waals surface area contributed by atoms with Crippen LogP contribution in [-0.2, 0) is 10.0 Å². The molecular weight excluding hydrogens is 286 g/mol. The Morgan fingerprint density at radius 1 is 1.10 bits per heavy atom. The SMILES string of the molecule is CC(C)N1CCC(CN2CCC(CNS(C)(=O)=O)C2)CC1. The largest absolute Gasteiger partial charge is 0.303 e. The van der Waals surface area contributed by atoms with E-state index in [9.17, 15) is 8.42 Å². The highest BCUT2D eigenvalue weighted by molar-refractivity contribution is 7.88. The molecular formula is C15H31N3O2S. The van der Waals surface area contributed by atoms with Crippen LogP contribution in [0.1, 0.15) is 33.1 Å². The molecule has 2 heterocycles. The van der Waals surface area contributed by atoms with Crippen LogP contribution >= 0.6 is 0 Å². The highest BCUT2D eigenvalue weighted by Crippen LogP contribution is 2.23.